The highest BCUT2D eigenvalue weighted by Crippen LogP contribution is 2.18. The molecule has 1 heterocycles. The van der Waals surface area contributed by atoms with Crippen LogP contribution in [0.3, 0.4) is 0 Å². The highest BCUT2D eigenvalue weighted by molar-refractivity contribution is 7.90. The Balaban J connectivity index is 2.04. The van der Waals surface area contributed by atoms with Crippen LogP contribution in [0.4, 0.5) is 11.5 Å². The number of aromatic nitrogens is 1. The van der Waals surface area contributed by atoms with Crippen LogP contribution in [-0.2, 0) is 10.2 Å². The summed E-state index contributed by atoms with van der Waals surface area (Å²) in [6, 6.07) is 13.5. The van der Waals surface area contributed by atoms with E-state index in [0.717, 1.165) is 9.87 Å². The summed E-state index contributed by atoms with van der Waals surface area (Å²) in [5.41, 5.74) is 1.58. The summed E-state index contributed by atoms with van der Waals surface area (Å²) in [4.78, 5) is 4.23. The molecule has 22 heavy (non-hydrogen) atoms. The van der Waals surface area contributed by atoms with Crippen LogP contribution >= 0.6 is 0 Å². The highest BCUT2D eigenvalue weighted by Gasteiger charge is 2.13. The highest BCUT2D eigenvalue weighted by atomic mass is 32.2. The zero-order valence-electron chi connectivity index (χ0n) is 12.8. The van der Waals surface area contributed by atoms with Gasteiger partial charge >= 0.3 is 10.2 Å². The third-order valence-electron chi connectivity index (χ3n) is 3.15. The molecule has 6 nitrogen and oxygen atoms in total. The Morgan fingerprint density at radius 3 is 2.32 bits per heavy atom. The summed E-state index contributed by atoms with van der Waals surface area (Å²) >= 11 is 0. The van der Waals surface area contributed by atoms with Crippen LogP contribution in [0.25, 0.3) is 0 Å². The fraction of sp³-hybridized carbons (Fsp3) is 0.267. The molecule has 1 atom stereocenters. The van der Waals surface area contributed by atoms with Gasteiger partial charge < -0.3 is 5.32 Å². The van der Waals surface area contributed by atoms with E-state index in [9.17, 15) is 8.42 Å². The molecule has 7 heteroatoms. The fourth-order valence-electron chi connectivity index (χ4n) is 1.83. The van der Waals surface area contributed by atoms with Crippen molar-refractivity contribution >= 4 is 21.7 Å². The average Bonchev–Trinajstić information content (AvgIpc) is 2.49. The average molecular weight is 320 g/mol. The summed E-state index contributed by atoms with van der Waals surface area (Å²) in [6.07, 6.45) is 1.49. The zero-order valence-corrected chi connectivity index (χ0v) is 13.6. The number of hydrogen-bond acceptors (Lipinski definition) is 4. The molecule has 0 saturated carbocycles. The molecule has 0 saturated heterocycles. The third-order valence-corrected chi connectivity index (χ3v) is 4.61. The second kappa shape index (κ2) is 6.76. The number of anilines is 2. The van der Waals surface area contributed by atoms with Crippen LogP contribution in [0.5, 0.6) is 0 Å². The first-order chi connectivity index (χ1) is 10.4. The van der Waals surface area contributed by atoms with Crippen LogP contribution in [0, 0.1) is 0 Å². The molecule has 2 rings (SSSR count). The summed E-state index contributed by atoms with van der Waals surface area (Å²) in [5, 5.41) is 3.27. The number of nitrogens with one attached hydrogen (secondary N) is 2. The van der Waals surface area contributed by atoms with E-state index in [1.165, 1.54) is 20.3 Å². The standard InChI is InChI=1S/C15H20N4O2S/c1-12(13-7-5-4-6-8-13)17-15-10-9-14(11-16-15)18-22(20,21)19(2)3/h4-12,18H,1-3H3,(H,16,17). The normalized spacial score (nSPS) is 12.9. The topological polar surface area (TPSA) is 74.3 Å². The summed E-state index contributed by atoms with van der Waals surface area (Å²) in [6.45, 7) is 2.04. The minimum atomic E-state index is -3.51. The van der Waals surface area contributed by atoms with Gasteiger partial charge in [0.05, 0.1) is 11.9 Å². The van der Waals surface area contributed by atoms with Crippen molar-refractivity contribution in [2.75, 3.05) is 24.1 Å². The smallest absolute Gasteiger partial charge is 0.301 e. The molecule has 1 unspecified atom stereocenters. The van der Waals surface area contributed by atoms with E-state index in [-0.39, 0.29) is 6.04 Å². The number of pyridine rings is 1. The molecule has 0 aliphatic heterocycles. The largest absolute Gasteiger partial charge is 0.364 e. The van der Waals surface area contributed by atoms with Gasteiger partial charge in [0.2, 0.25) is 0 Å². The molecule has 0 bridgehead atoms. The second-order valence-electron chi connectivity index (χ2n) is 5.10. The molecule has 118 valence electrons. The van der Waals surface area contributed by atoms with Crippen LogP contribution in [0.2, 0.25) is 0 Å². The lowest BCUT2D eigenvalue weighted by molar-refractivity contribution is 0.527. The lowest BCUT2D eigenvalue weighted by Gasteiger charge is -2.16. The molecule has 0 amide bonds. The van der Waals surface area contributed by atoms with Crippen LogP contribution < -0.4 is 10.0 Å². The number of rotatable bonds is 6. The van der Waals surface area contributed by atoms with Crippen molar-refractivity contribution in [1.29, 1.82) is 0 Å². The van der Waals surface area contributed by atoms with Crippen molar-refractivity contribution < 1.29 is 8.42 Å². The van der Waals surface area contributed by atoms with Gasteiger partial charge in [0.1, 0.15) is 5.82 Å². The van der Waals surface area contributed by atoms with Crippen LogP contribution in [0.1, 0.15) is 18.5 Å². The van der Waals surface area contributed by atoms with Gasteiger partial charge in [-0.25, -0.2) is 4.98 Å². The van der Waals surface area contributed by atoms with E-state index in [1.54, 1.807) is 12.1 Å². The molecule has 1 aromatic carbocycles. The van der Waals surface area contributed by atoms with Gasteiger partial charge in [0.25, 0.3) is 0 Å². The molecular weight excluding hydrogens is 300 g/mol. The predicted molar refractivity (Wildman–Crippen MR) is 88.9 cm³/mol. The van der Waals surface area contributed by atoms with Crippen molar-refractivity contribution in [2.45, 2.75) is 13.0 Å². The molecular formula is C15H20N4O2S. The Labute approximate surface area is 131 Å². The Morgan fingerprint density at radius 1 is 1.09 bits per heavy atom. The first-order valence-electron chi connectivity index (χ1n) is 6.86. The van der Waals surface area contributed by atoms with E-state index < -0.39 is 10.2 Å². The molecule has 0 fully saturated rings. The van der Waals surface area contributed by atoms with Gasteiger partial charge in [-0.3, -0.25) is 4.72 Å². The molecule has 0 radical (unpaired) electrons. The quantitative estimate of drug-likeness (QED) is 0.857. The second-order valence-corrected chi connectivity index (χ2v) is 6.98. The van der Waals surface area contributed by atoms with Crippen LogP contribution in [-0.4, -0.2) is 31.8 Å². The third kappa shape index (κ3) is 4.19. The van der Waals surface area contributed by atoms with E-state index in [4.69, 9.17) is 0 Å². The van der Waals surface area contributed by atoms with Gasteiger partial charge in [0.15, 0.2) is 0 Å². The summed E-state index contributed by atoms with van der Waals surface area (Å²) < 4.78 is 27.0. The first kappa shape index (κ1) is 16.3. The molecule has 2 N–H and O–H groups in total. The van der Waals surface area contributed by atoms with Crippen molar-refractivity contribution in [1.82, 2.24) is 9.29 Å². The monoisotopic (exact) mass is 320 g/mol. The lowest BCUT2D eigenvalue weighted by Crippen LogP contribution is -2.28. The van der Waals surface area contributed by atoms with E-state index in [2.05, 4.69) is 15.0 Å². The van der Waals surface area contributed by atoms with E-state index >= 15 is 0 Å². The van der Waals surface area contributed by atoms with Gasteiger partial charge in [0, 0.05) is 20.1 Å². The van der Waals surface area contributed by atoms with Crippen molar-refractivity contribution in [3.05, 3.63) is 54.2 Å². The van der Waals surface area contributed by atoms with Crippen molar-refractivity contribution in [3.8, 4) is 0 Å². The first-order valence-corrected chi connectivity index (χ1v) is 8.30. The molecule has 1 aromatic heterocycles. The summed E-state index contributed by atoms with van der Waals surface area (Å²) in [7, 11) is -0.576. The minimum absolute atomic E-state index is 0.109. The van der Waals surface area contributed by atoms with E-state index in [0.29, 0.717) is 11.5 Å². The maximum atomic E-state index is 11.7. The van der Waals surface area contributed by atoms with Gasteiger partial charge in [-0.1, -0.05) is 30.3 Å². The summed E-state index contributed by atoms with van der Waals surface area (Å²) in [5.74, 6) is 0.684. The SMILES string of the molecule is CC(Nc1ccc(NS(=O)(=O)N(C)C)cn1)c1ccccc1. The van der Waals surface area contributed by atoms with Crippen LogP contribution in [0.15, 0.2) is 48.7 Å². The Kier molecular flexibility index (Phi) is 4.99. The Bertz CT molecular complexity index is 700. The van der Waals surface area contributed by atoms with Crippen molar-refractivity contribution in [2.24, 2.45) is 0 Å². The molecule has 0 aliphatic carbocycles. The number of nitrogens with zero attached hydrogens (tertiary/aromatic N) is 2. The maximum absolute atomic E-state index is 11.7. The Hall–Kier alpha value is -2.12. The number of benzene rings is 1. The van der Waals surface area contributed by atoms with Gasteiger partial charge in [-0.15, -0.1) is 0 Å². The molecule has 0 aliphatic rings. The van der Waals surface area contributed by atoms with Crippen molar-refractivity contribution in [3.63, 3.8) is 0 Å². The molecule has 0 spiro atoms. The zero-order chi connectivity index (χ0) is 16.2. The minimum Gasteiger partial charge on any atom is -0.364 e. The van der Waals surface area contributed by atoms with E-state index in [1.807, 2.05) is 37.3 Å². The van der Waals surface area contributed by atoms with Gasteiger partial charge in [-0.2, -0.15) is 12.7 Å². The molecule has 2 aromatic rings. The Morgan fingerprint density at radius 2 is 1.77 bits per heavy atom. The fourth-order valence-corrected chi connectivity index (χ4v) is 2.43. The lowest BCUT2D eigenvalue weighted by atomic mass is 10.1. The maximum Gasteiger partial charge on any atom is 0.301 e. The number of hydrogen-bond donors (Lipinski definition) is 2. The van der Waals surface area contributed by atoms with Gasteiger partial charge in [-0.05, 0) is 24.6 Å². The predicted octanol–water partition coefficient (Wildman–Crippen LogP) is 2.47.